The number of non-ortho nitro benzene ring substituents is 1. The summed E-state index contributed by atoms with van der Waals surface area (Å²) < 4.78 is 5.57. The fourth-order valence-electron chi connectivity index (χ4n) is 1.64. The molecule has 0 bridgehead atoms. The molecule has 22 heavy (non-hydrogen) atoms. The molecule has 2 aromatic rings. The van der Waals surface area contributed by atoms with Crippen molar-refractivity contribution in [3.8, 4) is 11.5 Å². The van der Waals surface area contributed by atoms with E-state index in [0.717, 1.165) is 6.08 Å². The molecule has 0 radical (unpaired) electrons. The van der Waals surface area contributed by atoms with Crippen LogP contribution in [0.4, 0.5) is 11.5 Å². The number of aliphatic carboxylic acids is 1. The van der Waals surface area contributed by atoms with Gasteiger partial charge in [0, 0.05) is 24.4 Å². The quantitative estimate of drug-likeness (QED) is 0.493. The van der Waals surface area contributed by atoms with Crippen molar-refractivity contribution in [2.75, 3.05) is 5.73 Å². The third-order valence-corrected chi connectivity index (χ3v) is 2.65. The molecule has 0 spiro atoms. The third kappa shape index (κ3) is 3.57. The average molecular weight is 301 g/mol. The molecule has 2 rings (SSSR count). The molecule has 0 aliphatic carbocycles. The number of rotatable bonds is 5. The molecule has 0 atom stereocenters. The zero-order valence-corrected chi connectivity index (χ0v) is 11.2. The molecule has 0 unspecified atom stereocenters. The second-order valence-corrected chi connectivity index (χ2v) is 4.13. The number of hydrogen-bond donors (Lipinski definition) is 2. The van der Waals surface area contributed by atoms with Gasteiger partial charge in [-0.25, -0.2) is 9.78 Å². The molecule has 8 heteroatoms. The molecular weight excluding hydrogens is 290 g/mol. The highest BCUT2D eigenvalue weighted by molar-refractivity contribution is 5.87. The van der Waals surface area contributed by atoms with E-state index in [1.54, 1.807) is 0 Å². The highest BCUT2D eigenvalue weighted by Gasteiger charge is 2.09. The molecule has 1 aromatic carbocycles. The van der Waals surface area contributed by atoms with Crippen LogP contribution in [-0.2, 0) is 4.79 Å². The van der Waals surface area contributed by atoms with Gasteiger partial charge in [-0.3, -0.25) is 10.1 Å². The van der Waals surface area contributed by atoms with Crippen LogP contribution in [0.3, 0.4) is 0 Å². The number of benzene rings is 1. The minimum absolute atomic E-state index is 0.0624. The predicted molar refractivity (Wildman–Crippen MR) is 78.5 cm³/mol. The van der Waals surface area contributed by atoms with Crippen LogP contribution in [0.1, 0.15) is 5.56 Å². The van der Waals surface area contributed by atoms with Gasteiger partial charge in [-0.2, -0.15) is 0 Å². The average Bonchev–Trinajstić information content (AvgIpc) is 2.47. The fraction of sp³-hybridized carbons (Fsp3) is 0. The summed E-state index contributed by atoms with van der Waals surface area (Å²) in [5, 5.41) is 19.3. The molecule has 112 valence electrons. The predicted octanol–water partition coefficient (Wildman–Crippen LogP) is 2.46. The van der Waals surface area contributed by atoms with Crippen molar-refractivity contribution in [3.05, 3.63) is 58.3 Å². The van der Waals surface area contributed by atoms with Crippen LogP contribution in [0.15, 0.2) is 42.6 Å². The summed E-state index contributed by atoms with van der Waals surface area (Å²) in [6.45, 7) is 0. The number of ether oxygens (including phenoxy) is 1. The summed E-state index contributed by atoms with van der Waals surface area (Å²) >= 11 is 0. The SMILES string of the molecule is Nc1nccc(Oc2ccc([N+](=O)[O-])cc2)c1C=CC(=O)O. The molecule has 3 N–H and O–H groups in total. The van der Waals surface area contributed by atoms with E-state index < -0.39 is 10.9 Å². The zero-order valence-electron chi connectivity index (χ0n) is 11.2. The van der Waals surface area contributed by atoms with Crippen LogP contribution in [0.25, 0.3) is 6.08 Å². The summed E-state index contributed by atoms with van der Waals surface area (Å²) in [7, 11) is 0. The van der Waals surface area contributed by atoms with Crippen molar-refractivity contribution >= 4 is 23.6 Å². The van der Waals surface area contributed by atoms with E-state index in [2.05, 4.69) is 4.98 Å². The molecule has 1 heterocycles. The maximum atomic E-state index is 10.6. The lowest BCUT2D eigenvalue weighted by atomic mass is 10.2. The number of carboxylic acid groups (broad SMARTS) is 1. The Labute approximate surface area is 124 Å². The lowest BCUT2D eigenvalue weighted by molar-refractivity contribution is -0.384. The Balaban J connectivity index is 2.31. The number of carbonyl (C=O) groups is 1. The minimum Gasteiger partial charge on any atom is -0.478 e. The molecule has 1 aromatic heterocycles. The van der Waals surface area contributed by atoms with Gasteiger partial charge in [0.15, 0.2) is 0 Å². The molecule has 0 aliphatic rings. The number of nitro groups is 1. The van der Waals surface area contributed by atoms with E-state index in [1.165, 1.54) is 42.6 Å². The smallest absolute Gasteiger partial charge is 0.328 e. The van der Waals surface area contributed by atoms with Gasteiger partial charge < -0.3 is 15.6 Å². The maximum absolute atomic E-state index is 10.6. The molecule has 0 amide bonds. The van der Waals surface area contributed by atoms with E-state index in [9.17, 15) is 14.9 Å². The highest BCUT2D eigenvalue weighted by Crippen LogP contribution is 2.29. The molecule has 0 saturated heterocycles. The lowest BCUT2D eigenvalue weighted by Crippen LogP contribution is -1.97. The van der Waals surface area contributed by atoms with Crippen LogP contribution < -0.4 is 10.5 Å². The Morgan fingerprint density at radius 1 is 1.32 bits per heavy atom. The second kappa shape index (κ2) is 6.35. The number of aromatic nitrogens is 1. The summed E-state index contributed by atoms with van der Waals surface area (Å²) in [5.41, 5.74) is 5.95. The van der Waals surface area contributed by atoms with Crippen molar-refractivity contribution in [1.82, 2.24) is 4.98 Å². The Bertz CT molecular complexity index is 741. The number of hydrogen-bond acceptors (Lipinski definition) is 6. The van der Waals surface area contributed by atoms with Gasteiger partial charge in [0.25, 0.3) is 5.69 Å². The Kier molecular flexibility index (Phi) is 4.33. The molecule has 0 aliphatic heterocycles. The third-order valence-electron chi connectivity index (χ3n) is 2.65. The van der Waals surface area contributed by atoms with E-state index in [4.69, 9.17) is 15.6 Å². The lowest BCUT2D eigenvalue weighted by Gasteiger charge is -2.09. The van der Waals surface area contributed by atoms with Gasteiger partial charge >= 0.3 is 5.97 Å². The van der Waals surface area contributed by atoms with Crippen molar-refractivity contribution in [2.24, 2.45) is 0 Å². The van der Waals surface area contributed by atoms with Gasteiger partial charge in [0.2, 0.25) is 0 Å². The van der Waals surface area contributed by atoms with E-state index in [-0.39, 0.29) is 11.5 Å². The highest BCUT2D eigenvalue weighted by atomic mass is 16.6. The first-order valence-electron chi connectivity index (χ1n) is 6.05. The number of nitrogens with two attached hydrogens (primary N) is 1. The minimum atomic E-state index is -1.13. The van der Waals surface area contributed by atoms with Gasteiger partial charge in [0.05, 0.1) is 10.5 Å². The van der Waals surface area contributed by atoms with E-state index in [1.807, 2.05) is 0 Å². The summed E-state index contributed by atoms with van der Waals surface area (Å²) in [4.78, 5) is 24.5. The number of anilines is 1. The molecule has 8 nitrogen and oxygen atoms in total. The number of pyridine rings is 1. The van der Waals surface area contributed by atoms with Gasteiger partial charge in [-0.1, -0.05) is 0 Å². The number of carboxylic acids is 1. The Hall–Kier alpha value is -3.42. The standard InChI is InChI=1S/C14H11N3O5/c15-14-11(5-6-13(18)19)12(7-8-16-14)22-10-3-1-9(2-4-10)17(20)21/h1-8H,(H2,15,16)(H,18,19). The maximum Gasteiger partial charge on any atom is 0.328 e. The first-order valence-corrected chi connectivity index (χ1v) is 6.05. The van der Waals surface area contributed by atoms with Crippen LogP contribution in [0.2, 0.25) is 0 Å². The summed E-state index contributed by atoms with van der Waals surface area (Å²) in [6, 6.07) is 6.97. The monoisotopic (exact) mass is 301 g/mol. The Morgan fingerprint density at radius 2 is 2.00 bits per heavy atom. The van der Waals surface area contributed by atoms with Crippen molar-refractivity contribution in [2.45, 2.75) is 0 Å². The Morgan fingerprint density at radius 3 is 2.59 bits per heavy atom. The molecular formula is C14H11N3O5. The van der Waals surface area contributed by atoms with Crippen molar-refractivity contribution < 1.29 is 19.6 Å². The topological polar surface area (TPSA) is 129 Å². The normalized spacial score (nSPS) is 10.5. The number of nitro benzene ring substituents is 1. The van der Waals surface area contributed by atoms with Gasteiger partial charge in [-0.05, 0) is 24.3 Å². The van der Waals surface area contributed by atoms with Crippen LogP contribution >= 0.6 is 0 Å². The van der Waals surface area contributed by atoms with Crippen molar-refractivity contribution in [1.29, 1.82) is 0 Å². The largest absolute Gasteiger partial charge is 0.478 e. The summed E-state index contributed by atoms with van der Waals surface area (Å²) in [5.74, 6) is -0.388. The number of nitrogen functional groups attached to an aromatic ring is 1. The molecule has 0 fully saturated rings. The van der Waals surface area contributed by atoms with Crippen molar-refractivity contribution in [3.63, 3.8) is 0 Å². The first-order chi connectivity index (χ1) is 10.5. The first kappa shape index (κ1) is 15.0. The van der Waals surface area contributed by atoms with Gasteiger partial charge in [0.1, 0.15) is 17.3 Å². The molecule has 0 saturated carbocycles. The fourth-order valence-corrected chi connectivity index (χ4v) is 1.64. The van der Waals surface area contributed by atoms with E-state index >= 15 is 0 Å². The second-order valence-electron chi connectivity index (χ2n) is 4.13. The van der Waals surface area contributed by atoms with Crippen LogP contribution in [0.5, 0.6) is 11.5 Å². The summed E-state index contributed by atoms with van der Waals surface area (Å²) in [6.07, 6.45) is 3.59. The van der Waals surface area contributed by atoms with Crippen LogP contribution in [0, 0.1) is 10.1 Å². The zero-order chi connectivity index (χ0) is 16.1. The van der Waals surface area contributed by atoms with Gasteiger partial charge in [-0.15, -0.1) is 0 Å². The number of nitrogens with zero attached hydrogens (tertiary/aromatic N) is 2. The van der Waals surface area contributed by atoms with E-state index in [0.29, 0.717) is 17.1 Å². The van der Waals surface area contributed by atoms with Crippen LogP contribution in [-0.4, -0.2) is 21.0 Å².